The molecule has 1 aliphatic heterocycles. The molecule has 0 radical (unpaired) electrons. The summed E-state index contributed by atoms with van der Waals surface area (Å²) in [5, 5.41) is 3.36. The van der Waals surface area contributed by atoms with Gasteiger partial charge in [0.1, 0.15) is 10.7 Å². The molecule has 1 unspecified atom stereocenters. The third-order valence-corrected chi connectivity index (χ3v) is 4.57. The lowest BCUT2D eigenvalue weighted by Crippen LogP contribution is -2.51. The highest BCUT2D eigenvalue weighted by Crippen LogP contribution is 2.25. The summed E-state index contributed by atoms with van der Waals surface area (Å²) in [7, 11) is -3.30. The van der Waals surface area contributed by atoms with Crippen molar-refractivity contribution in [2.75, 3.05) is 44.0 Å². The Labute approximate surface area is 126 Å². The molecule has 0 amide bonds. The number of ether oxygens (including phenoxy) is 1. The lowest BCUT2D eigenvalue weighted by atomic mass is 10.2. The third-order valence-electron chi connectivity index (χ3n) is 3.46. The van der Waals surface area contributed by atoms with Crippen molar-refractivity contribution in [2.24, 2.45) is 0 Å². The van der Waals surface area contributed by atoms with Gasteiger partial charge < -0.3 is 15.0 Å². The van der Waals surface area contributed by atoms with E-state index in [-0.39, 0.29) is 10.9 Å². The summed E-state index contributed by atoms with van der Waals surface area (Å²) < 4.78 is 29.4. The predicted molar refractivity (Wildman–Crippen MR) is 82.5 cm³/mol. The Morgan fingerprint density at radius 1 is 1.52 bits per heavy atom. The molecule has 118 valence electrons. The molecular formula is C14H23N3O3S. The van der Waals surface area contributed by atoms with Crippen molar-refractivity contribution in [3.63, 3.8) is 0 Å². The molecule has 1 fully saturated rings. The predicted octanol–water partition coefficient (Wildman–Crippen LogP) is 0.690. The van der Waals surface area contributed by atoms with Gasteiger partial charge in [0.2, 0.25) is 0 Å². The molecular weight excluding hydrogens is 290 g/mol. The number of nitrogens with one attached hydrogen (secondary N) is 1. The van der Waals surface area contributed by atoms with Crippen molar-refractivity contribution in [1.29, 1.82) is 0 Å². The molecule has 1 saturated heterocycles. The maximum atomic E-state index is 11.9. The van der Waals surface area contributed by atoms with Gasteiger partial charge in [-0.3, -0.25) is 0 Å². The zero-order valence-corrected chi connectivity index (χ0v) is 13.4. The lowest BCUT2D eigenvalue weighted by molar-refractivity contribution is 0.0931. The summed E-state index contributed by atoms with van der Waals surface area (Å²) >= 11 is 0. The van der Waals surface area contributed by atoms with E-state index in [2.05, 4.69) is 17.2 Å². The smallest absolute Gasteiger partial charge is 0.179 e. The van der Waals surface area contributed by atoms with E-state index in [0.717, 1.165) is 19.5 Å². The minimum Gasteiger partial charge on any atom is -0.377 e. The Balaban J connectivity index is 2.25. The Morgan fingerprint density at radius 2 is 2.33 bits per heavy atom. The maximum absolute atomic E-state index is 11.9. The first-order chi connectivity index (χ1) is 10.0. The molecule has 2 heterocycles. The molecule has 6 nitrogen and oxygen atoms in total. The largest absolute Gasteiger partial charge is 0.377 e. The lowest BCUT2D eigenvalue weighted by Gasteiger charge is -2.37. The maximum Gasteiger partial charge on any atom is 0.179 e. The first kappa shape index (κ1) is 16.2. The molecule has 21 heavy (non-hydrogen) atoms. The molecule has 1 N–H and O–H groups in total. The molecule has 0 saturated carbocycles. The minimum atomic E-state index is -3.30. The number of hydrogen-bond donors (Lipinski definition) is 1. The molecule has 7 heteroatoms. The van der Waals surface area contributed by atoms with Crippen LogP contribution in [0.15, 0.2) is 23.2 Å². The second-order valence-corrected chi connectivity index (χ2v) is 7.21. The third kappa shape index (κ3) is 4.15. The molecule has 0 aliphatic carbocycles. The Morgan fingerprint density at radius 3 is 3.05 bits per heavy atom. The summed E-state index contributed by atoms with van der Waals surface area (Å²) in [6, 6.07) is 3.37. The number of hydrogen-bond acceptors (Lipinski definition) is 6. The first-order valence-electron chi connectivity index (χ1n) is 7.24. The Kier molecular flexibility index (Phi) is 5.55. The fourth-order valence-electron chi connectivity index (χ4n) is 2.44. The summed E-state index contributed by atoms with van der Waals surface area (Å²) in [6.07, 6.45) is 3.92. The number of anilines is 1. The van der Waals surface area contributed by atoms with E-state index in [4.69, 9.17) is 4.74 Å². The number of rotatable bonds is 6. The highest BCUT2D eigenvalue weighted by atomic mass is 32.2. The summed E-state index contributed by atoms with van der Waals surface area (Å²) in [4.78, 5) is 6.64. The average Bonchev–Trinajstić information content (AvgIpc) is 2.47. The zero-order valence-electron chi connectivity index (χ0n) is 12.6. The van der Waals surface area contributed by atoms with Gasteiger partial charge in [0, 0.05) is 25.5 Å². The minimum absolute atomic E-state index is 0.0979. The van der Waals surface area contributed by atoms with Crippen LogP contribution < -0.4 is 10.2 Å². The first-order valence-corrected chi connectivity index (χ1v) is 9.13. The number of pyridine rings is 1. The van der Waals surface area contributed by atoms with E-state index in [0.29, 0.717) is 25.6 Å². The second-order valence-electron chi connectivity index (χ2n) is 5.22. The van der Waals surface area contributed by atoms with Crippen LogP contribution >= 0.6 is 0 Å². The van der Waals surface area contributed by atoms with E-state index in [1.165, 1.54) is 6.26 Å². The average molecular weight is 313 g/mol. The summed E-state index contributed by atoms with van der Waals surface area (Å²) in [5.41, 5.74) is 0. The monoisotopic (exact) mass is 313 g/mol. The van der Waals surface area contributed by atoms with Crippen molar-refractivity contribution in [2.45, 2.75) is 24.3 Å². The molecule has 1 aromatic heterocycles. The van der Waals surface area contributed by atoms with Crippen LogP contribution in [0.4, 0.5) is 5.82 Å². The van der Waals surface area contributed by atoms with Crippen molar-refractivity contribution >= 4 is 15.7 Å². The van der Waals surface area contributed by atoms with E-state index >= 15 is 0 Å². The van der Waals surface area contributed by atoms with Gasteiger partial charge in [-0.25, -0.2) is 13.4 Å². The fraction of sp³-hybridized carbons (Fsp3) is 0.643. The number of morpholine rings is 1. The van der Waals surface area contributed by atoms with Gasteiger partial charge in [-0.2, -0.15) is 0 Å². The van der Waals surface area contributed by atoms with Crippen LogP contribution in [0, 0.1) is 0 Å². The summed E-state index contributed by atoms with van der Waals surface area (Å²) in [5.74, 6) is 0.534. The molecule has 1 atom stereocenters. The van der Waals surface area contributed by atoms with Crippen molar-refractivity contribution < 1.29 is 13.2 Å². The molecule has 0 spiro atoms. The zero-order chi connectivity index (χ0) is 15.3. The van der Waals surface area contributed by atoms with Gasteiger partial charge in [0.15, 0.2) is 9.84 Å². The second kappa shape index (κ2) is 7.20. The Bertz CT molecular complexity index is 562. The van der Waals surface area contributed by atoms with E-state index in [1.54, 1.807) is 18.3 Å². The quantitative estimate of drug-likeness (QED) is 0.779. The van der Waals surface area contributed by atoms with Gasteiger partial charge in [-0.05, 0) is 25.1 Å². The van der Waals surface area contributed by atoms with Gasteiger partial charge >= 0.3 is 0 Å². The van der Waals surface area contributed by atoms with Crippen molar-refractivity contribution in [1.82, 2.24) is 10.3 Å². The van der Waals surface area contributed by atoms with Crippen LogP contribution in [0.2, 0.25) is 0 Å². The topological polar surface area (TPSA) is 71.5 Å². The number of aromatic nitrogens is 1. The standard InChI is InChI=1S/C14H23N3O3S/c1-3-6-15-10-12-11-20-9-8-17(12)14-13(21(2,18)19)5-4-7-16-14/h4-5,7,12,15H,3,6,8-11H2,1-2H3. The molecule has 2 rings (SSSR count). The van der Waals surface area contributed by atoms with Crippen LogP contribution in [0.3, 0.4) is 0 Å². The van der Waals surface area contributed by atoms with E-state index in [9.17, 15) is 8.42 Å². The summed E-state index contributed by atoms with van der Waals surface area (Å²) in [6.45, 7) is 5.63. The van der Waals surface area contributed by atoms with Crippen molar-refractivity contribution in [3.8, 4) is 0 Å². The van der Waals surface area contributed by atoms with Gasteiger partial charge in [-0.15, -0.1) is 0 Å². The fourth-order valence-corrected chi connectivity index (χ4v) is 3.26. The normalized spacial score (nSPS) is 19.7. The SMILES string of the molecule is CCCNCC1COCCN1c1ncccc1S(C)(=O)=O. The van der Waals surface area contributed by atoms with Crippen molar-refractivity contribution in [3.05, 3.63) is 18.3 Å². The van der Waals surface area contributed by atoms with E-state index in [1.807, 2.05) is 4.90 Å². The van der Waals surface area contributed by atoms with Crippen LogP contribution in [0.1, 0.15) is 13.3 Å². The molecule has 1 aromatic rings. The van der Waals surface area contributed by atoms with Gasteiger partial charge in [-0.1, -0.05) is 6.92 Å². The van der Waals surface area contributed by atoms with Crippen LogP contribution in [-0.2, 0) is 14.6 Å². The molecule has 1 aliphatic rings. The van der Waals surface area contributed by atoms with Gasteiger partial charge in [0.25, 0.3) is 0 Å². The van der Waals surface area contributed by atoms with Crippen LogP contribution in [0.25, 0.3) is 0 Å². The Hall–Kier alpha value is -1.18. The highest BCUT2D eigenvalue weighted by molar-refractivity contribution is 7.90. The van der Waals surface area contributed by atoms with Crippen LogP contribution in [0.5, 0.6) is 0 Å². The highest BCUT2D eigenvalue weighted by Gasteiger charge is 2.28. The number of sulfone groups is 1. The van der Waals surface area contributed by atoms with E-state index < -0.39 is 9.84 Å². The van der Waals surface area contributed by atoms with Crippen LogP contribution in [-0.4, -0.2) is 58.5 Å². The molecule has 0 bridgehead atoms. The van der Waals surface area contributed by atoms with Gasteiger partial charge in [0.05, 0.1) is 19.3 Å². The number of nitrogens with zero attached hydrogens (tertiary/aromatic N) is 2. The molecule has 0 aromatic carbocycles.